The van der Waals surface area contributed by atoms with Crippen molar-refractivity contribution in [2.24, 2.45) is 0 Å². The van der Waals surface area contributed by atoms with Crippen LogP contribution in [0.25, 0.3) is 10.8 Å². The van der Waals surface area contributed by atoms with Gasteiger partial charge in [-0.2, -0.15) is 5.10 Å². The van der Waals surface area contributed by atoms with Crippen LogP contribution in [0.3, 0.4) is 0 Å². The Hall–Kier alpha value is -3.19. The number of aromatic nitrogens is 2. The molecule has 0 saturated carbocycles. The van der Waals surface area contributed by atoms with Gasteiger partial charge in [-0.25, -0.2) is 4.68 Å². The molecule has 2 aliphatic rings. The van der Waals surface area contributed by atoms with E-state index >= 15 is 0 Å². The molecule has 0 radical (unpaired) electrons. The van der Waals surface area contributed by atoms with Gasteiger partial charge in [0.25, 0.3) is 5.56 Å². The summed E-state index contributed by atoms with van der Waals surface area (Å²) in [7, 11) is 0. The van der Waals surface area contributed by atoms with Gasteiger partial charge >= 0.3 is 0 Å². The fraction of sp³-hybridized carbons (Fsp3) is 0.512. The summed E-state index contributed by atoms with van der Waals surface area (Å²) in [6.45, 7) is 11.6. The second-order valence-electron chi connectivity index (χ2n) is 13.2. The molecule has 7 heteroatoms. The Kier molecular flexibility index (Phi) is 14.4. The molecule has 1 unspecified atom stereocenters. The van der Waals surface area contributed by atoms with Crippen molar-refractivity contribution in [3.8, 4) is 5.75 Å². The number of hydrogen-bond donors (Lipinski definition) is 0. The molecule has 48 heavy (non-hydrogen) atoms. The van der Waals surface area contributed by atoms with E-state index < -0.39 is 0 Å². The predicted molar refractivity (Wildman–Crippen MR) is 201 cm³/mol. The van der Waals surface area contributed by atoms with Crippen LogP contribution in [0.1, 0.15) is 94.5 Å². The first-order chi connectivity index (χ1) is 23.6. The largest absolute Gasteiger partial charge is 0.494 e. The minimum absolute atomic E-state index is 0.0266. The van der Waals surface area contributed by atoms with Crippen molar-refractivity contribution in [3.63, 3.8) is 0 Å². The quantitative estimate of drug-likeness (QED) is 0.141. The molecule has 0 spiro atoms. The SMILES string of the molecule is CC.O=c1c2ccccc2c(Cc2ccc(Cl)cc2)nn1C1CCCN(CCCc2ccc(OCCCN3CCCCCC3)cc2)CC1. The van der Waals surface area contributed by atoms with Crippen LogP contribution >= 0.6 is 11.6 Å². The van der Waals surface area contributed by atoms with E-state index in [-0.39, 0.29) is 11.6 Å². The summed E-state index contributed by atoms with van der Waals surface area (Å²) < 4.78 is 7.85. The van der Waals surface area contributed by atoms with Gasteiger partial charge in [0.05, 0.1) is 23.7 Å². The van der Waals surface area contributed by atoms with Crippen LogP contribution in [0, 0.1) is 0 Å². The maximum Gasteiger partial charge on any atom is 0.274 e. The number of rotatable bonds is 12. The molecule has 2 aliphatic heterocycles. The molecule has 6 rings (SSSR count). The molecule has 1 aromatic heterocycles. The first-order valence-electron chi connectivity index (χ1n) is 18.5. The lowest BCUT2D eigenvalue weighted by molar-refractivity contribution is 0.240. The van der Waals surface area contributed by atoms with Crippen molar-refractivity contribution < 1.29 is 4.74 Å². The number of ether oxygens (including phenoxy) is 1. The molecule has 258 valence electrons. The van der Waals surface area contributed by atoms with Gasteiger partial charge in [-0.3, -0.25) is 4.79 Å². The molecule has 0 aliphatic carbocycles. The van der Waals surface area contributed by atoms with E-state index in [2.05, 4.69) is 34.1 Å². The lowest BCUT2D eigenvalue weighted by Gasteiger charge is -2.21. The van der Waals surface area contributed by atoms with Crippen LogP contribution in [0.15, 0.2) is 77.6 Å². The second-order valence-corrected chi connectivity index (χ2v) is 13.6. The summed E-state index contributed by atoms with van der Waals surface area (Å²) in [5, 5.41) is 7.43. The van der Waals surface area contributed by atoms with Crippen molar-refractivity contribution >= 4 is 22.4 Å². The number of fused-ring (bicyclic) bond motifs is 1. The van der Waals surface area contributed by atoms with Gasteiger partial charge in [0.1, 0.15) is 5.75 Å². The molecule has 0 amide bonds. The van der Waals surface area contributed by atoms with Crippen LogP contribution in [0.2, 0.25) is 5.02 Å². The smallest absolute Gasteiger partial charge is 0.274 e. The van der Waals surface area contributed by atoms with Gasteiger partial charge in [-0.05, 0) is 119 Å². The van der Waals surface area contributed by atoms with Crippen molar-refractivity contribution in [2.45, 2.75) is 90.5 Å². The van der Waals surface area contributed by atoms with Gasteiger partial charge in [0.15, 0.2) is 0 Å². The zero-order valence-corrected chi connectivity index (χ0v) is 30.0. The average Bonchev–Trinajstić information content (AvgIpc) is 3.54. The van der Waals surface area contributed by atoms with E-state index in [0.717, 1.165) is 104 Å². The lowest BCUT2D eigenvalue weighted by atomic mass is 10.0. The van der Waals surface area contributed by atoms with E-state index in [1.807, 2.05) is 62.4 Å². The highest BCUT2D eigenvalue weighted by Gasteiger charge is 2.22. The Labute approximate surface area is 293 Å². The summed E-state index contributed by atoms with van der Waals surface area (Å²) in [5.41, 5.74) is 3.48. The van der Waals surface area contributed by atoms with E-state index in [9.17, 15) is 4.79 Å². The fourth-order valence-electron chi connectivity index (χ4n) is 7.15. The van der Waals surface area contributed by atoms with Crippen LogP contribution in [-0.4, -0.2) is 65.5 Å². The minimum atomic E-state index is 0.0266. The monoisotopic (exact) mass is 670 g/mol. The highest BCUT2D eigenvalue weighted by molar-refractivity contribution is 6.30. The summed E-state index contributed by atoms with van der Waals surface area (Å²) in [6.07, 6.45) is 12.4. The highest BCUT2D eigenvalue weighted by atomic mass is 35.5. The molecule has 4 aromatic rings. The number of nitrogens with zero attached hydrogens (tertiary/aromatic N) is 4. The molecule has 0 N–H and O–H groups in total. The molecule has 1 atom stereocenters. The summed E-state index contributed by atoms with van der Waals surface area (Å²) in [6, 6.07) is 24.6. The van der Waals surface area contributed by atoms with Crippen LogP contribution in [0.4, 0.5) is 0 Å². The number of benzene rings is 3. The lowest BCUT2D eigenvalue weighted by Crippen LogP contribution is -2.30. The van der Waals surface area contributed by atoms with Crippen LogP contribution in [0.5, 0.6) is 5.75 Å². The third-order valence-corrected chi connectivity index (χ3v) is 10.0. The average molecular weight is 671 g/mol. The number of halogens is 1. The molecular weight excluding hydrogens is 616 g/mol. The molecule has 2 fully saturated rings. The zero-order valence-electron chi connectivity index (χ0n) is 29.2. The van der Waals surface area contributed by atoms with Crippen molar-refractivity contribution in [1.82, 2.24) is 19.6 Å². The third kappa shape index (κ3) is 10.4. The van der Waals surface area contributed by atoms with E-state index in [1.165, 1.54) is 44.3 Å². The molecule has 6 nitrogen and oxygen atoms in total. The topological polar surface area (TPSA) is 50.6 Å². The van der Waals surface area contributed by atoms with Crippen LogP contribution < -0.4 is 10.3 Å². The van der Waals surface area contributed by atoms with Crippen molar-refractivity contribution in [2.75, 3.05) is 45.9 Å². The van der Waals surface area contributed by atoms with Gasteiger partial charge in [0, 0.05) is 29.9 Å². The first-order valence-corrected chi connectivity index (χ1v) is 18.9. The van der Waals surface area contributed by atoms with Crippen LogP contribution in [-0.2, 0) is 12.8 Å². The highest BCUT2D eigenvalue weighted by Crippen LogP contribution is 2.25. The normalized spacial score (nSPS) is 17.7. The number of likely N-dealkylation sites (tertiary alicyclic amines) is 2. The Morgan fingerprint density at radius 3 is 2.12 bits per heavy atom. The van der Waals surface area contributed by atoms with Gasteiger partial charge < -0.3 is 14.5 Å². The Bertz CT molecular complexity index is 1580. The van der Waals surface area contributed by atoms with Gasteiger partial charge in [0.2, 0.25) is 0 Å². The third-order valence-electron chi connectivity index (χ3n) is 9.78. The standard InChI is InChI=1S/C39H49ClN4O2.C2H6/c40-33-18-14-32(15-19-33)30-38-36-12-3-4-13-37(36)39(45)44(41-38)34-11-8-26-43(28-22-34)25-7-10-31-16-20-35(21-17-31)46-29-9-27-42-23-5-1-2-6-24-42;1-2/h3-4,12-21,34H,1-2,5-11,22-30H2;1-2H3. The summed E-state index contributed by atoms with van der Waals surface area (Å²) >= 11 is 6.12. The molecule has 0 bridgehead atoms. The maximum absolute atomic E-state index is 13.6. The van der Waals surface area contributed by atoms with Crippen molar-refractivity contribution in [3.05, 3.63) is 105 Å². The maximum atomic E-state index is 13.6. The molecular formula is C41H55ClN4O2. The summed E-state index contributed by atoms with van der Waals surface area (Å²) in [4.78, 5) is 18.8. The second kappa shape index (κ2) is 19.1. The zero-order chi connectivity index (χ0) is 33.6. The van der Waals surface area contributed by atoms with Gasteiger partial charge in [-0.1, -0.05) is 80.8 Å². The molecule has 3 aromatic carbocycles. The number of aryl methyl sites for hydroxylation is 1. The first kappa shape index (κ1) is 36.1. The van der Waals surface area contributed by atoms with E-state index in [1.54, 1.807) is 4.68 Å². The number of hydrogen-bond acceptors (Lipinski definition) is 5. The Morgan fingerprint density at radius 1 is 0.729 bits per heavy atom. The van der Waals surface area contributed by atoms with Crippen molar-refractivity contribution in [1.29, 1.82) is 0 Å². The predicted octanol–water partition coefficient (Wildman–Crippen LogP) is 8.97. The fourth-order valence-corrected chi connectivity index (χ4v) is 7.28. The Balaban J connectivity index is 0.00000221. The van der Waals surface area contributed by atoms with E-state index in [0.29, 0.717) is 6.42 Å². The molecule has 3 heterocycles. The molecule has 2 saturated heterocycles. The Morgan fingerprint density at radius 2 is 1.38 bits per heavy atom. The van der Waals surface area contributed by atoms with E-state index in [4.69, 9.17) is 21.4 Å². The summed E-state index contributed by atoms with van der Waals surface area (Å²) in [5.74, 6) is 0.979. The minimum Gasteiger partial charge on any atom is -0.494 e. The van der Waals surface area contributed by atoms with Gasteiger partial charge in [-0.15, -0.1) is 0 Å².